The highest BCUT2D eigenvalue weighted by Crippen LogP contribution is 2.21. The molecule has 1 N–H and O–H groups in total. The number of benzene rings is 1. The molecule has 0 aliphatic heterocycles. The topological polar surface area (TPSA) is 28.9 Å². The van der Waals surface area contributed by atoms with Gasteiger partial charge >= 0.3 is 0 Å². The van der Waals surface area contributed by atoms with E-state index in [0.29, 0.717) is 0 Å². The molecule has 0 fully saturated rings. The molecule has 2 aromatic heterocycles. The molecule has 18 heavy (non-hydrogen) atoms. The van der Waals surface area contributed by atoms with Crippen molar-refractivity contribution in [1.29, 1.82) is 0 Å². The first-order valence-electron chi connectivity index (χ1n) is 6.49. The molecular formula is C16H17NO. The van der Waals surface area contributed by atoms with Crippen LogP contribution in [0.1, 0.15) is 24.0 Å². The molecule has 2 heteroatoms. The van der Waals surface area contributed by atoms with E-state index in [1.165, 1.54) is 47.7 Å². The fourth-order valence-corrected chi connectivity index (χ4v) is 2.41. The van der Waals surface area contributed by atoms with Crippen molar-refractivity contribution in [2.24, 2.45) is 0 Å². The molecule has 1 aliphatic carbocycles. The van der Waals surface area contributed by atoms with Crippen molar-refractivity contribution in [3.8, 4) is 0 Å². The van der Waals surface area contributed by atoms with Crippen LogP contribution in [-0.4, -0.2) is 4.98 Å². The van der Waals surface area contributed by atoms with Gasteiger partial charge in [-0.1, -0.05) is 18.2 Å². The number of hydrogen-bond donors (Lipinski definition) is 1. The number of aryl methyl sites for hydroxylation is 2. The van der Waals surface area contributed by atoms with E-state index >= 15 is 0 Å². The largest absolute Gasteiger partial charge is 0.472 e. The summed E-state index contributed by atoms with van der Waals surface area (Å²) in [4.78, 5) is 3.12. The number of hydrogen-bond acceptors (Lipinski definition) is 1. The minimum absolute atomic E-state index is 1.21. The molecule has 0 saturated carbocycles. The highest BCUT2D eigenvalue weighted by Gasteiger charge is 2.09. The Bertz CT molecular complexity index is 570. The number of nitrogens with one attached hydrogen (secondary N) is 1. The second-order valence-corrected chi connectivity index (χ2v) is 4.69. The van der Waals surface area contributed by atoms with Crippen LogP contribution in [0, 0.1) is 0 Å². The lowest BCUT2D eigenvalue weighted by molar-refractivity contribution is 0.563. The second kappa shape index (κ2) is 5.13. The number of rotatable bonds is 0. The first-order valence-corrected chi connectivity index (χ1v) is 6.49. The summed E-state index contributed by atoms with van der Waals surface area (Å²) in [7, 11) is 0. The lowest BCUT2D eigenvalue weighted by Gasteiger charge is -2.07. The maximum absolute atomic E-state index is 5.07. The first kappa shape index (κ1) is 11.1. The smallest absolute Gasteiger partial charge is 0.0937 e. The van der Waals surface area contributed by atoms with Gasteiger partial charge in [0.1, 0.15) is 0 Å². The van der Waals surface area contributed by atoms with Crippen LogP contribution >= 0.6 is 0 Å². The Balaban J connectivity index is 0.000000111. The second-order valence-electron chi connectivity index (χ2n) is 4.69. The third kappa shape index (κ3) is 2.33. The fraction of sp³-hybridized carbons (Fsp3) is 0.250. The fourth-order valence-electron chi connectivity index (χ4n) is 2.41. The predicted molar refractivity (Wildman–Crippen MR) is 73.6 cm³/mol. The van der Waals surface area contributed by atoms with Gasteiger partial charge in [-0.15, -0.1) is 0 Å². The number of fused-ring (bicyclic) bond motifs is 2. The lowest BCUT2D eigenvalue weighted by Crippen LogP contribution is -1.97. The van der Waals surface area contributed by atoms with Crippen molar-refractivity contribution < 1.29 is 4.42 Å². The molecule has 1 aliphatic rings. The van der Waals surface area contributed by atoms with Crippen molar-refractivity contribution >= 4 is 10.9 Å². The number of H-pyrrole nitrogens is 1. The molecule has 92 valence electrons. The van der Waals surface area contributed by atoms with Gasteiger partial charge in [-0.05, 0) is 54.3 Å². The number of furan rings is 1. The average molecular weight is 239 g/mol. The zero-order valence-electron chi connectivity index (χ0n) is 10.4. The van der Waals surface area contributed by atoms with E-state index in [-0.39, 0.29) is 0 Å². The van der Waals surface area contributed by atoms with Gasteiger partial charge in [0.25, 0.3) is 0 Å². The van der Waals surface area contributed by atoms with Crippen LogP contribution in [0.4, 0.5) is 0 Å². The summed E-state index contributed by atoms with van der Waals surface area (Å²) in [6, 6.07) is 10.3. The molecule has 0 bridgehead atoms. The van der Waals surface area contributed by atoms with Gasteiger partial charge in [-0.25, -0.2) is 0 Å². The number of aromatic amines is 1. The van der Waals surface area contributed by atoms with Gasteiger partial charge in [-0.2, -0.15) is 0 Å². The van der Waals surface area contributed by atoms with Crippen molar-refractivity contribution in [2.45, 2.75) is 25.7 Å². The molecule has 2 nitrogen and oxygen atoms in total. The molecule has 0 spiro atoms. The van der Waals surface area contributed by atoms with Crippen molar-refractivity contribution in [3.63, 3.8) is 0 Å². The first-order chi connectivity index (χ1) is 8.93. The monoisotopic (exact) mass is 239 g/mol. The lowest BCUT2D eigenvalue weighted by atomic mass is 9.96. The molecular weight excluding hydrogens is 222 g/mol. The van der Waals surface area contributed by atoms with E-state index in [2.05, 4.69) is 23.2 Å². The summed E-state index contributed by atoms with van der Waals surface area (Å²) in [6.45, 7) is 0. The van der Waals surface area contributed by atoms with Crippen molar-refractivity contribution in [3.05, 3.63) is 60.2 Å². The summed E-state index contributed by atoms with van der Waals surface area (Å²) in [5, 5.41) is 1.28. The van der Waals surface area contributed by atoms with E-state index in [0.717, 1.165) is 0 Å². The maximum Gasteiger partial charge on any atom is 0.0937 e. The van der Waals surface area contributed by atoms with Crippen LogP contribution in [0.25, 0.3) is 10.9 Å². The van der Waals surface area contributed by atoms with Crippen LogP contribution in [0.2, 0.25) is 0 Å². The van der Waals surface area contributed by atoms with Gasteiger partial charge in [0, 0.05) is 11.7 Å². The Hall–Kier alpha value is -1.96. The number of para-hydroxylation sites is 1. The van der Waals surface area contributed by atoms with Gasteiger partial charge in [-0.3, -0.25) is 0 Å². The van der Waals surface area contributed by atoms with Crippen LogP contribution in [0.15, 0.2) is 53.5 Å². The number of aromatic nitrogens is 1. The third-order valence-electron chi connectivity index (χ3n) is 3.44. The molecule has 3 aromatic rings. The average Bonchev–Trinajstić information content (AvgIpc) is 3.08. The van der Waals surface area contributed by atoms with Gasteiger partial charge in [0.2, 0.25) is 0 Å². The minimum Gasteiger partial charge on any atom is -0.472 e. The highest BCUT2D eigenvalue weighted by atomic mass is 16.3. The van der Waals surface area contributed by atoms with Gasteiger partial charge in [0.05, 0.1) is 12.5 Å². The zero-order valence-corrected chi connectivity index (χ0v) is 10.4. The molecule has 0 amide bonds. The van der Waals surface area contributed by atoms with Crippen LogP contribution in [0.3, 0.4) is 0 Å². The van der Waals surface area contributed by atoms with Crippen LogP contribution in [0.5, 0.6) is 0 Å². The molecule has 0 unspecified atom stereocenters. The minimum atomic E-state index is 1.21. The van der Waals surface area contributed by atoms with Crippen molar-refractivity contribution in [2.75, 3.05) is 0 Å². The quantitative estimate of drug-likeness (QED) is 0.621. The summed E-state index contributed by atoms with van der Waals surface area (Å²) in [5.41, 5.74) is 4.07. The van der Waals surface area contributed by atoms with E-state index < -0.39 is 0 Å². The Labute approximate surface area is 107 Å². The van der Waals surface area contributed by atoms with Gasteiger partial charge < -0.3 is 9.40 Å². The third-order valence-corrected chi connectivity index (χ3v) is 3.44. The standard InChI is InChI=1S/C8H7N.C8H10O/c1-2-4-8-7(3-1)5-6-9-8;1-2-4-8-6-9-5-7(8)3-1/h1-6,9H;5-6H,1-4H2. The van der Waals surface area contributed by atoms with E-state index in [1.54, 1.807) is 0 Å². The summed E-state index contributed by atoms with van der Waals surface area (Å²) in [5.74, 6) is 0. The summed E-state index contributed by atoms with van der Waals surface area (Å²) in [6.07, 6.45) is 10.9. The Morgan fingerprint density at radius 3 is 2.33 bits per heavy atom. The van der Waals surface area contributed by atoms with Crippen LogP contribution in [-0.2, 0) is 12.8 Å². The molecule has 2 heterocycles. The van der Waals surface area contributed by atoms with E-state index in [4.69, 9.17) is 4.42 Å². The van der Waals surface area contributed by atoms with Gasteiger partial charge in [0.15, 0.2) is 0 Å². The van der Waals surface area contributed by atoms with E-state index in [9.17, 15) is 0 Å². The van der Waals surface area contributed by atoms with Crippen molar-refractivity contribution in [1.82, 2.24) is 4.98 Å². The molecule has 0 saturated heterocycles. The summed E-state index contributed by atoms with van der Waals surface area (Å²) >= 11 is 0. The molecule has 1 aromatic carbocycles. The molecule has 4 rings (SSSR count). The maximum atomic E-state index is 5.07. The Morgan fingerprint density at radius 1 is 0.889 bits per heavy atom. The Kier molecular flexibility index (Phi) is 3.18. The highest BCUT2D eigenvalue weighted by molar-refractivity contribution is 5.78. The Morgan fingerprint density at radius 2 is 1.61 bits per heavy atom. The van der Waals surface area contributed by atoms with Crippen LogP contribution < -0.4 is 0 Å². The molecule has 0 atom stereocenters. The normalized spacial score (nSPS) is 13.8. The molecule has 0 radical (unpaired) electrons. The predicted octanol–water partition coefficient (Wildman–Crippen LogP) is 4.33. The SMILES string of the molecule is c1ccc2[nH]ccc2c1.c1occ2c1CCCC2. The summed E-state index contributed by atoms with van der Waals surface area (Å²) < 4.78 is 5.07. The zero-order chi connectivity index (χ0) is 12.2. The van der Waals surface area contributed by atoms with E-state index in [1.807, 2.05) is 30.9 Å².